The summed E-state index contributed by atoms with van der Waals surface area (Å²) in [4.78, 5) is 27.9. The Bertz CT molecular complexity index is 1410. The molecule has 1 aliphatic rings. The monoisotopic (exact) mass is 499 g/mol. The lowest BCUT2D eigenvalue weighted by Crippen LogP contribution is -2.30. The highest BCUT2D eigenvalue weighted by molar-refractivity contribution is 6.15. The Kier molecular flexibility index (Phi) is 6.81. The van der Waals surface area contributed by atoms with Crippen molar-refractivity contribution in [3.63, 3.8) is 0 Å². The second-order valence-corrected chi connectivity index (χ2v) is 8.40. The first kappa shape index (κ1) is 24.0. The summed E-state index contributed by atoms with van der Waals surface area (Å²) >= 11 is 0. The number of aliphatic hydroxyl groups is 1. The van der Waals surface area contributed by atoms with Gasteiger partial charge in [-0.15, -0.1) is 0 Å². The van der Waals surface area contributed by atoms with Crippen molar-refractivity contribution in [1.82, 2.24) is 4.90 Å². The van der Waals surface area contributed by atoms with Crippen molar-refractivity contribution >= 4 is 11.7 Å². The highest BCUT2D eigenvalue weighted by Gasteiger charge is 2.45. The molecule has 3 heterocycles. The third-order valence-electron chi connectivity index (χ3n) is 6.02. The molecule has 1 unspecified atom stereocenters. The highest BCUT2D eigenvalue weighted by atomic mass is 16.5. The molecule has 1 aliphatic heterocycles. The molecule has 0 saturated carbocycles. The van der Waals surface area contributed by atoms with E-state index in [1.165, 1.54) is 23.5 Å². The molecule has 0 aliphatic carbocycles. The van der Waals surface area contributed by atoms with E-state index in [0.717, 1.165) is 5.56 Å². The SMILES string of the molecule is CCOc1cc(C2C(C(=O)c3ccco3)=C(O)C(=O)N2Cc2ccco2)ccc1OCc1ccccc1. The van der Waals surface area contributed by atoms with Gasteiger partial charge < -0.3 is 28.3 Å². The Morgan fingerprint density at radius 2 is 1.73 bits per heavy atom. The van der Waals surface area contributed by atoms with Crippen LogP contribution in [0.4, 0.5) is 0 Å². The maximum Gasteiger partial charge on any atom is 0.290 e. The standard InChI is InChI=1S/C29H25NO7/c1-2-34-24-16-20(12-13-22(24)37-18-19-8-4-3-5-9-19)26-25(27(31)23-11-7-15-36-23)28(32)29(33)30(26)17-21-10-6-14-35-21/h3-16,26,32H,2,17-18H2,1H3. The number of amides is 1. The Balaban J connectivity index is 1.53. The number of ether oxygens (including phenoxy) is 2. The smallest absolute Gasteiger partial charge is 0.290 e. The molecule has 1 amide bonds. The molecule has 0 radical (unpaired) electrons. The van der Waals surface area contributed by atoms with Crippen molar-refractivity contribution in [1.29, 1.82) is 0 Å². The van der Waals surface area contributed by atoms with Gasteiger partial charge in [-0.3, -0.25) is 9.59 Å². The Labute approximate surface area is 213 Å². The molecule has 1 atom stereocenters. The minimum atomic E-state index is -0.905. The van der Waals surface area contributed by atoms with E-state index in [2.05, 4.69) is 0 Å². The number of Topliss-reactive ketones (excluding diaryl/α,β-unsaturated/α-hetero) is 1. The molecular weight excluding hydrogens is 474 g/mol. The molecule has 2 aromatic heterocycles. The molecule has 0 fully saturated rings. The van der Waals surface area contributed by atoms with Crippen LogP contribution in [-0.4, -0.2) is 28.3 Å². The summed E-state index contributed by atoms with van der Waals surface area (Å²) in [5.41, 5.74) is 1.49. The van der Waals surface area contributed by atoms with Gasteiger partial charge in [0.25, 0.3) is 5.91 Å². The van der Waals surface area contributed by atoms with Gasteiger partial charge in [-0.25, -0.2) is 0 Å². The first-order valence-electron chi connectivity index (χ1n) is 11.8. The summed E-state index contributed by atoms with van der Waals surface area (Å²) in [5.74, 6) is -0.386. The van der Waals surface area contributed by atoms with E-state index in [-0.39, 0.29) is 17.9 Å². The number of furan rings is 2. The summed E-state index contributed by atoms with van der Waals surface area (Å²) in [6.07, 6.45) is 2.86. The zero-order chi connectivity index (χ0) is 25.8. The number of rotatable bonds is 10. The minimum absolute atomic E-state index is 0.0204. The van der Waals surface area contributed by atoms with Crippen LogP contribution in [-0.2, 0) is 17.9 Å². The summed E-state index contributed by atoms with van der Waals surface area (Å²) in [5, 5.41) is 10.8. The number of aliphatic hydroxyl groups excluding tert-OH is 1. The Morgan fingerprint density at radius 1 is 0.946 bits per heavy atom. The molecule has 8 heteroatoms. The fraction of sp³-hybridized carbons (Fsp3) is 0.172. The van der Waals surface area contributed by atoms with Crippen molar-refractivity contribution in [2.75, 3.05) is 6.61 Å². The van der Waals surface area contributed by atoms with Crippen LogP contribution >= 0.6 is 0 Å². The summed E-state index contributed by atoms with van der Waals surface area (Å²) in [6, 6.07) is 20.5. The van der Waals surface area contributed by atoms with Crippen LogP contribution in [0.1, 0.15) is 40.4 Å². The Hall–Kier alpha value is -4.72. The van der Waals surface area contributed by atoms with Gasteiger partial charge in [0.05, 0.1) is 37.3 Å². The number of carbonyl (C=O) groups is 2. The van der Waals surface area contributed by atoms with Crippen LogP contribution in [0.5, 0.6) is 11.5 Å². The van der Waals surface area contributed by atoms with Crippen molar-refractivity contribution < 1.29 is 33.0 Å². The fourth-order valence-corrected chi connectivity index (χ4v) is 4.32. The highest BCUT2D eigenvalue weighted by Crippen LogP contribution is 2.42. The van der Waals surface area contributed by atoms with Crippen LogP contribution in [0.3, 0.4) is 0 Å². The molecule has 2 aromatic carbocycles. The number of hydrogen-bond donors (Lipinski definition) is 1. The molecule has 0 spiro atoms. The molecule has 5 rings (SSSR count). The average Bonchev–Trinajstić information content (AvgIpc) is 3.68. The molecule has 37 heavy (non-hydrogen) atoms. The van der Waals surface area contributed by atoms with Gasteiger partial charge in [-0.1, -0.05) is 36.4 Å². The number of carbonyl (C=O) groups excluding carboxylic acids is 2. The average molecular weight is 500 g/mol. The van der Waals surface area contributed by atoms with Crippen LogP contribution < -0.4 is 9.47 Å². The van der Waals surface area contributed by atoms with Gasteiger partial charge >= 0.3 is 0 Å². The van der Waals surface area contributed by atoms with Gasteiger partial charge in [0.1, 0.15) is 12.4 Å². The molecule has 0 bridgehead atoms. The second kappa shape index (κ2) is 10.5. The minimum Gasteiger partial charge on any atom is -0.503 e. The van der Waals surface area contributed by atoms with E-state index in [0.29, 0.717) is 36.0 Å². The molecular formula is C29H25NO7. The zero-order valence-electron chi connectivity index (χ0n) is 20.1. The van der Waals surface area contributed by atoms with E-state index < -0.39 is 23.5 Å². The fourth-order valence-electron chi connectivity index (χ4n) is 4.32. The predicted molar refractivity (Wildman–Crippen MR) is 133 cm³/mol. The number of benzene rings is 2. The molecule has 1 N–H and O–H groups in total. The van der Waals surface area contributed by atoms with Crippen molar-refractivity contribution in [2.45, 2.75) is 26.1 Å². The maximum absolute atomic E-state index is 13.4. The Morgan fingerprint density at radius 3 is 2.43 bits per heavy atom. The zero-order valence-corrected chi connectivity index (χ0v) is 20.1. The topological polar surface area (TPSA) is 102 Å². The van der Waals surface area contributed by atoms with E-state index in [1.807, 2.05) is 37.3 Å². The summed E-state index contributed by atoms with van der Waals surface area (Å²) in [6.45, 7) is 2.62. The lowest BCUT2D eigenvalue weighted by Gasteiger charge is -2.26. The van der Waals surface area contributed by atoms with Crippen LogP contribution in [0.25, 0.3) is 0 Å². The maximum atomic E-state index is 13.4. The largest absolute Gasteiger partial charge is 0.503 e. The van der Waals surface area contributed by atoms with Crippen molar-refractivity contribution in [2.24, 2.45) is 0 Å². The lowest BCUT2D eigenvalue weighted by atomic mass is 9.94. The molecule has 8 nitrogen and oxygen atoms in total. The predicted octanol–water partition coefficient (Wildman–Crippen LogP) is 5.63. The number of ketones is 1. The first-order valence-corrected chi connectivity index (χ1v) is 11.8. The third-order valence-corrected chi connectivity index (χ3v) is 6.02. The first-order chi connectivity index (χ1) is 18.1. The summed E-state index contributed by atoms with van der Waals surface area (Å²) < 4.78 is 22.6. The van der Waals surface area contributed by atoms with Crippen LogP contribution in [0, 0.1) is 0 Å². The van der Waals surface area contributed by atoms with Crippen LogP contribution in [0.15, 0.2) is 105 Å². The molecule has 188 valence electrons. The van der Waals surface area contributed by atoms with Gasteiger partial charge in [-0.05, 0) is 54.4 Å². The van der Waals surface area contributed by atoms with Crippen molar-refractivity contribution in [3.05, 3.63) is 119 Å². The number of hydrogen-bond acceptors (Lipinski definition) is 7. The van der Waals surface area contributed by atoms with Gasteiger partial charge in [0.2, 0.25) is 5.78 Å². The lowest BCUT2D eigenvalue weighted by molar-refractivity contribution is -0.130. The van der Waals surface area contributed by atoms with Crippen molar-refractivity contribution in [3.8, 4) is 11.5 Å². The van der Waals surface area contributed by atoms with E-state index in [9.17, 15) is 14.7 Å². The molecule has 0 saturated heterocycles. The van der Waals surface area contributed by atoms with Gasteiger partial charge in [-0.2, -0.15) is 0 Å². The number of nitrogens with zero attached hydrogens (tertiary/aromatic N) is 1. The van der Waals surface area contributed by atoms with Gasteiger partial charge in [0, 0.05) is 0 Å². The van der Waals surface area contributed by atoms with Gasteiger partial charge in [0.15, 0.2) is 23.0 Å². The van der Waals surface area contributed by atoms with E-state index in [1.54, 1.807) is 36.4 Å². The third kappa shape index (κ3) is 4.86. The quantitative estimate of drug-likeness (QED) is 0.282. The van der Waals surface area contributed by atoms with E-state index >= 15 is 0 Å². The summed E-state index contributed by atoms with van der Waals surface area (Å²) in [7, 11) is 0. The second-order valence-electron chi connectivity index (χ2n) is 8.40. The van der Waals surface area contributed by atoms with E-state index in [4.69, 9.17) is 18.3 Å². The van der Waals surface area contributed by atoms with Crippen LogP contribution in [0.2, 0.25) is 0 Å². The molecule has 4 aromatic rings. The normalized spacial score (nSPS) is 15.3.